The second kappa shape index (κ2) is 5.94. The van der Waals surface area contributed by atoms with Crippen LogP contribution in [0.2, 0.25) is 0 Å². The summed E-state index contributed by atoms with van der Waals surface area (Å²) in [6.07, 6.45) is 0.432. The van der Waals surface area contributed by atoms with E-state index in [0.717, 1.165) is 5.56 Å². The molecular formula is C15H22N2O2S. The molecule has 20 heavy (non-hydrogen) atoms. The fraction of sp³-hybridized carbons (Fsp3) is 0.533. The third-order valence-electron chi connectivity index (χ3n) is 3.59. The fourth-order valence-corrected chi connectivity index (χ4v) is 3.18. The summed E-state index contributed by atoms with van der Waals surface area (Å²) in [5.74, 6) is -0.0234. The molecule has 110 valence electrons. The highest BCUT2D eigenvalue weighted by Crippen LogP contribution is 2.30. The molecule has 1 aromatic rings. The average Bonchev–Trinajstić information content (AvgIpc) is 2.36. The molecule has 0 aliphatic carbocycles. The Bertz CT molecular complexity index is 583. The number of nitriles is 1. The molecule has 0 bridgehead atoms. The number of rotatable bonds is 5. The molecule has 0 saturated carbocycles. The second-order valence-electron chi connectivity index (χ2n) is 6.14. The lowest BCUT2D eigenvalue weighted by atomic mass is 9.77. The summed E-state index contributed by atoms with van der Waals surface area (Å²) < 4.78 is 26.9. The van der Waals surface area contributed by atoms with Gasteiger partial charge in [-0.2, -0.15) is 9.98 Å². The van der Waals surface area contributed by atoms with Crippen molar-refractivity contribution >= 4 is 10.0 Å². The third kappa shape index (κ3) is 4.32. The van der Waals surface area contributed by atoms with Gasteiger partial charge < -0.3 is 0 Å². The highest BCUT2D eigenvalue weighted by molar-refractivity contribution is 7.89. The molecule has 1 N–H and O–H groups in total. The first kappa shape index (κ1) is 16.7. The van der Waals surface area contributed by atoms with Crippen LogP contribution in [0.4, 0.5) is 0 Å². The van der Waals surface area contributed by atoms with Crippen LogP contribution in [0.15, 0.2) is 30.3 Å². The molecule has 1 aromatic carbocycles. The van der Waals surface area contributed by atoms with Gasteiger partial charge in [0.1, 0.15) is 5.54 Å². The van der Waals surface area contributed by atoms with Gasteiger partial charge in [0.2, 0.25) is 10.0 Å². The minimum Gasteiger partial charge on any atom is -0.212 e. The van der Waals surface area contributed by atoms with Crippen LogP contribution in [0.25, 0.3) is 0 Å². The topological polar surface area (TPSA) is 70.0 Å². The minimum absolute atomic E-state index is 0.0234. The van der Waals surface area contributed by atoms with Crippen molar-refractivity contribution in [3.05, 3.63) is 35.9 Å². The molecule has 0 heterocycles. The predicted molar refractivity (Wildman–Crippen MR) is 80.5 cm³/mol. The Hall–Kier alpha value is -1.38. The number of hydrogen-bond acceptors (Lipinski definition) is 3. The first-order chi connectivity index (χ1) is 9.10. The summed E-state index contributed by atoms with van der Waals surface area (Å²) in [6, 6.07) is 11.5. The monoisotopic (exact) mass is 294 g/mol. The van der Waals surface area contributed by atoms with Crippen molar-refractivity contribution in [3.8, 4) is 6.07 Å². The molecule has 0 fully saturated rings. The number of nitrogens with zero attached hydrogens (tertiary/aromatic N) is 1. The molecule has 4 nitrogen and oxygen atoms in total. The zero-order valence-corrected chi connectivity index (χ0v) is 13.3. The van der Waals surface area contributed by atoms with Crippen LogP contribution in [0, 0.1) is 16.7 Å². The van der Waals surface area contributed by atoms with E-state index in [9.17, 15) is 13.7 Å². The number of nitrogens with one attached hydrogen (secondary N) is 1. The van der Waals surface area contributed by atoms with E-state index in [4.69, 9.17) is 0 Å². The van der Waals surface area contributed by atoms with Crippen LogP contribution in [-0.2, 0) is 16.4 Å². The Morgan fingerprint density at radius 1 is 1.15 bits per heavy atom. The first-order valence-electron chi connectivity index (χ1n) is 6.56. The Kier molecular flexibility index (Phi) is 4.95. The highest BCUT2D eigenvalue weighted by atomic mass is 32.2. The van der Waals surface area contributed by atoms with Crippen LogP contribution < -0.4 is 4.72 Å². The maximum atomic E-state index is 12.2. The van der Waals surface area contributed by atoms with Crippen molar-refractivity contribution in [2.24, 2.45) is 5.41 Å². The molecule has 0 aromatic heterocycles. The third-order valence-corrected chi connectivity index (χ3v) is 5.05. The highest BCUT2D eigenvalue weighted by Gasteiger charge is 2.40. The van der Waals surface area contributed by atoms with Gasteiger partial charge in [-0.05, 0) is 24.3 Å². The molecule has 0 aliphatic rings. The lowest BCUT2D eigenvalue weighted by molar-refractivity contribution is 0.247. The van der Waals surface area contributed by atoms with Crippen molar-refractivity contribution in [2.45, 2.75) is 39.7 Å². The Morgan fingerprint density at radius 3 is 2.15 bits per heavy atom. The molecular weight excluding hydrogens is 272 g/mol. The van der Waals surface area contributed by atoms with Crippen LogP contribution >= 0.6 is 0 Å². The average molecular weight is 294 g/mol. The SMILES string of the molecule is CC(C)(C)[C@@](C)(C#N)NS(=O)(=O)CCc1ccccc1. The minimum atomic E-state index is -3.51. The normalized spacial score (nSPS) is 15.3. The van der Waals surface area contributed by atoms with E-state index >= 15 is 0 Å². The van der Waals surface area contributed by atoms with E-state index in [1.165, 1.54) is 0 Å². The lowest BCUT2D eigenvalue weighted by Crippen LogP contribution is -2.54. The lowest BCUT2D eigenvalue weighted by Gasteiger charge is -2.36. The predicted octanol–water partition coefficient (Wildman–Crippen LogP) is 2.48. The molecule has 0 amide bonds. The van der Waals surface area contributed by atoms with E-state index < -0.39 is 21.0 Å². The Balaban J connectivity index is 2.78. The van der Waals surface area contributed by atoms with E-state index in [2.05, 4.69) is 10.8 Å². The maximum absolute atomic E-state index is 12.2. The van der Waals surface area contributed by atoms with Gasteiger partial charge in [0.05, 0.1) is 11.8 Å². The fourth-order valence-electron chi connectivity index (χ4n) is 1.60. The summed E-state index contributed by atoms with van der Waals surface area (Å²) in [4.78, 5) is 0. The quantitative estimate of drug-likeness (QED) is 0.907. The molecule has 0 spiro atoms. The number of aryl methyl sites for hydroxylation is 1. The molecule has 1 rings (SSSR count). The van der Waals surface area contributed by atoms with E-state index in [0.29, 0.717) is 6.42 Å². The van der Waals surface area contributed by atoms with Gasteiger partial charge >= 0.3 is 0 Å². The summed E-state index contributed by atoms with van der Waals surface area (Å²) in [5, 5.41) is 9.29. The summed E-state index contributed by atoms with van der Waals surface area (Å²) in [5.41, 5.74) is -0.642. The van der Waals surface area contributed by atoms with Gasteiger partial charge in [0.25, 0.3) is 0 Å². The number of sulfonamides is 1. The Morgan fingerprint density at radius 2 is 1.70 bits per heavy atom. The van der Waals surface area contributed by atoms with E-state index in [-0.39, 0.29) is 5.75 Å². The van der Waals surface area contributed by atoms with Crippen molar-refractivity contribution in [1.82, 2.24) is 4.72 Å². The smallest absolute Gasteiger partial charge is 0.212 e. The second-order valence-corrected chi connectivity index (χ2v) is 7.99. The van der Waals surface area contributed by atoms with Gasteiger partial charge in [-0.3, -0.25) is 0 Å². The zero-order chi connectivity index (χ0) is 15.4. The van der Waals surface area contributed by atoms with Crippen molar-refractivity contribution < 1.29 is 8.42 Å². The van der Waals surface area contributed by atoms with E-state index in [1.807, 2.05) is 51.1 Å². The van der Waals surface area contributed by atoms with E-state index in [1.54, 1.807) is 6.92 Å². The van der Waals surface area contributed by atoms with Crippen LogP contribution in [-0.4, -0.2) is 19.7 Å². The first-order valence-corrected chi connectivity index (χ1v) is 8.22. The summed E-state index contributed by atoms with van der Waals surface area (Å²) >= 11 is 0. The van der Waals surface area contributed by atoms with Crippen molar-refractivity contribution in [2.75, 3.05) is 5.75 Å². The Labute approximate surface area is 121 Å². The molecule has 0 saturated heterocycles. The van der Waals surface area contributed by atoms with Gasteiger partial charge in [-0.1, -0.05) is 51.1 Å². The summed E-state index contributed by atoms with van der Waals surface area (Å²) in [7, 11) is -3.51. The summed E-state index contributed by atoms with van der Waals surface area (Å²) in [6.45, 7) is 7.15. The largest absolute Gasteiger partial charge is 0.213 e. The van der Waals surface area contributed by atoms with Gasteiger partial charge in [-0.15, -0.1) is 0 Å². The van der Waals surface area contributed by atoms with Gasteiger partial charge in [0, 0.05) is 0 Å². The zero-order valence-electron chi connectivity index (χ0n) is 12.5. The standard InChI is InChI=1S/C15H22N2O2S/c1-14(2,3)15(4,12-16)17-20(18,19)11-10-13-8-6-5-7-9-13/h5-9,17H,10-11H2,1-4H3/t15-/m1/s1. The molecule has 1 atom stereocenters. The number of benzene rings is 1. The molecule has 0 aliphatic heterocycles. The molecule has 0 unspecified atom stereocenters. The van der Waals surface area contributed by atoms with Crippen LogP contribution in [0.1, 0.15) is 33.3 Å². The van der Waals surface area contributed by atoms with Crippen molar-refractivity contribution in [3.63, 3.8) is 0 Å². The van der Waals surface area contributed by atoms with Gasteiger partial charge in [0.15, 0.2) is 0 Å². The molecule has 0 radical (unpaired) electrons. The van der Waals surface area contributed by atoms with Crippen LogP contribution in [0.3, 0.4) is 0 Å². The van der Waals surface area contributed by atoms with Crippen molar-refractivity contribution in [1.29, 1.82) is 5.26 Å². The maximum Gasteiger partial charge on any atom is 0.213 e. The van der Waals surface area contributed by atoms with Gasteiger partial charge in [-0.25, -0.2) is 8.42 Å². The number of hydrogen-bond donors (Lipinski definition) is 1. The molecule has 5 heteroatoms. The van der Waals surface area contributed by atoms with Crippen LogP contribution in [0.5, 0.6) is 0 Å².